The Morgan fingerprint density at radius 1 is 1.09 bits per heavy atom. The summed E-state index contributed by atoms with van der Waals surface area (Å²) in [5.41, 5.74) is 3.85. The van der Waals surface area contributed by atoms with Crippen LogP contribution in [0.25, 0.3) is 0 Å². The Morgan fingerprint density at radius 2 is 1.82 bits per heavy atom. The standard InChI is InChI=1S/C27H25NO6/c1-17-11-12-23(21(13-17)24-15-19-9-5-6-10-20(19)27(32)34-24)33-16-25(29)28-22(26(30)31)14-18-7-3-2-4-8-18/h2-13,22,24H,14-16H2,1H3,(H,28,29)(H,30,31)/t22-,24-/m0/s1. The van der Waals surface area contributed by atoms with E-state index in [1.807, 2.05) is 49.4 Å². The van der Waals surface area contributed by atoms with E-state index >= 15 is 0 Å². The molecule has 34 heavy (non-hydrogen) atoms. The molecular formula is C27H25NO6. The molecule has 0 spiro atoms. The molecule has 1 aliphatic rings. The van der Waals surface area contributed by atoms with Crippen molar-refractivity contribution in [2.24, 2.45) is 0 Å². The fraction of sp³-hybridized carbons (Fsp3) is 0.222. The first-order chi connectivity index (χ1) is 16.4. The van der Waals surface area contributed by atoms with Crippen molar-refractivity contribution in [2.45, 2.75) is 31.9 Å². The van der Waals surface area contributed by atoms with Crippen LogP contribution in [-0.4, -0.2) is 35.6 Å². The number of ether oxygens (including phenoxy) is 2. The van der Waals surface area contributed by atoms with Crippen molar-refractivity contribution >= 4 is 17.8 Å². The molecule has 0 aliphatic carbocycles. The number of aliphatic carboxylic acids is 1. The van der Waals surface area contributed by atoms with E-state index in [2.05, 4.69) is 5.32 Å². The van der Waals surface area contributed by atoms with Crippen LogP contribution in [0, 0.1) is 6.92 Å². The first-order valence-corrected chi connectivity index (χ1v) is 11.0. The van der Waals surface area contributed by atoms with Crippen molar-refractivity contribution in [3.05, 3.63) is 101 Å². The summed E-state index contributed by atoms with van der Waals surface area (Å²) in [6.07, 6.45) is 0.103. The number of carboxylic acids is 1. The molecule has 0 bridgehead atoms. The molecule has 0 saturated carbocycles. The highest BCUT2D eigenvalue weighted by Gasteiger charge is 2.29. The molecule has 0 unspecified atom stereocenters. The van der Waals surface area contributed by atoms with E-state index in [1.165, 1.54) is 0 Å². The minimum atomic E-state index is -1.12. The number of amides is 1. The average Bonchev–Trinajstić information content (AvgIpc) is 2.83. The van der Waals surface area contributed by atoms with Crippen molar-refractivity contribution < 1.29 is 29.0 Å². The van der Waals surface area contributed by atoms with Gasteiger partial charge in [0.25, 0.3) is 5.91 Å². The number of aryl methyl sites for hydroxylation is 1. The van der Waals surface area contributed by atoms with E-state index in [9.17, 15) is 19.5 Å². The third-order valence-corrected chi connectivity index (χ3v) is 5.68. The minimum Gasteiger partial charge on any atom is -0.483 e. The molecule has 0 saturated heterocycles. The summed E-state index contributed by atoms with van der Waals surface area (Å²) in [5, 5.41) is 12.0. The Bertz CT molecular complexity index is 1210. The first kappa shape index (κ1) is 23.0. The van der Waals surface area contributed by atoms with E-state index in [-0.39, 0.29) is 13.0 Å². The van der Waals surface area contributed by atoms with Gasteiger partial charge in [0.1, 0.15) is 17.9 Å². The summed E-state index contributed by atoms with van der Waals surface area (Å²) in [6.45, 7) is 1.55. The monoisotopic (exact) mass is 459 g/mol. The minimum absolute atomic E-state index is 0.162. The van der Waals surface area contributed by atoms with Crippen LogP contribution in [0.15, 0.2) is 72.8 Å². The summed E-state index contributed by atoms with van der Waals surface area (Å²) in [4.78, 5) is 36.6. The lowest BCUT2D eigenvalue weighted by molar-refractivity contribution is -0.142. The number of fused-ring (bicyclic) bond motifs is 1. The van der Waals surface area contributed by atoms with Gasteiger partial charge >= 0.3 is 11.9 Å². The van der Waals surface area contributed by atoms with Gasteiger partial charge in [-0.05, 0) is 36.2 Å². The lowest BCUT2D eigenvalue weighted by Crippen LogP contribution is -2.44. The molecule has 0 radical (unpaired) electrons. The molecule has 1 aliphatic heterocycles. The molecule has 174 valence electrons. The zero-order chi connectivity index (χ0) is 24.1. The van der Waals surface area contributed by atoms with Crippen LogP contribution in [0.3, 0.4) is 0 Å². The van der Waals surface area contributed by atoms with Gasteiger partial charge in [0.2, 0.25) is 0 Å². The molecule has 3 aromatic rings. The largest absolute Gasteiger partial charge is 0.483 e. The molecule has 0 aromatic heterocycles. The highest BCUT2D eigenvalue weighted by Crippen LogP contribution is 2.35. The summed E-state index contributed by atoms with van der Waals surface area (Å²) in [7, 11) is 0. The Hall–Kier alpha value is -4.13. The third-order valence-electron chi connectivity index (χ3n) is 5.68. The van der Waals surface area contributed by atoms with Crippen LogP contribution in [0.5, 0.6) is 5.75 Å². The fourth-order valence-corrected chi connectivity index (χ4v) is 3.99. The molecule has 1 amide bonds. The lowest BCUT2D eigenvalue weighted by Gasteiger charge is -2.26. The number of rotatable bonds is 8. The van der Waals surface area contributed by atoms with Crippen LogP contribution in [0.1, 0.15) is 38.7 Å². The Morgan fingerprint density at radius 3 is 2.59 bits per heavy atom. The van der Waals surface area contributed by atoms with Crippen LogP contribution in [0.4, 0.5) is 0 Å². The van der Waals surface area contributed by atoms with Crippen molar-refractivity contribution in [3.8, 4) is 5.75 Å². The van der Waals surface area contributed by atoms with Gasteiger partial charge in [0.05, 0.1) is 5.56 Å². The van der Waals surface area contributed by atoms with Crippen molar-refractivity contribution in [2.75, 3.05) is 6.61 Å². The number of hydrogen-bond donors (Lipinski definition) is 2. The smallest absolute Gasteiger partial charge is 0.339 e. The molecule has 1 heterocycles. The maximum atomic E-state index is 12.5. The van der Waals surface area contributed by atoms with E-state index in [4.69, 9.17) is 9.47 Å². The second kappa shape index (κ2) is 10.2. The molecule has 7 heteroatoms. The van der Waals surface area contributed by atoms with Crippen LogP contribution in [0.2, 0.25) is 0 Å². The van der Waals surface area contributed by atoms with Crippen molar-refractivity contribution in [1.82, 2.24) is 5.32 Å². The van der Waals surface area contributed by atoms with Crippen molar-refractivity contribution in [3.63, 3.8) is 0 Å². The Balaban J connectivity index is 1.45. The topological polar surface area (TPSA) is 102 Å². The van der Waals surface area contributed by atoms with Gasteiger partial charge in [-0.2, -0.15) is 0 Å². The van der Waals surface area contributed by atoms with Crippen LogP contribution in [-0.2, 0) is 27.2 Å². The molecule has 7 nitrogen and oxygen atoms in total. The van der Waals surface area contributed by atoms with Gasteiger partial charge in [0, 0.05) is 18.4 Å². The van der Waals surface area contributed by atoms with Crippen molar-refractivity contribution in [1.29, 1.82) is 0 Å². The predicted octanol–water partition coefficient (Wildman–Crippen LogP) is 3.64. The lowest BCUT2D eigenvalue weighted by atomic mass is 9.93. The SMILES string of the molecule is Cc1ccc(OCC(=O)N[C@@H](Cc2ccccc2)C(=O)O)c([C@@H]2Cc3ccccc3C(=O)O2)c1. The van der Waals surface area contributed by atoms with E-state index in [0.29, 0.717) is 23.3 Å². The number of benzene rings is 3. The maximum Gasteiger partial charge on any atom is 0.339 e. The molecule has 2 atom stereocenters. The second-order valence-corrected chi connectivity index (χ2v) is 8.23. The number of carbonyl (C=O) groups is 3. The average molecular weight is 459 g/mol. The van der Waals surface area contributed by atoms with Crippen LogP contribution < -0.4 is 10.1 Å². The first-order valence-electron chi connectivity index (χ1n) is 11.0. The van der Waals surface area contributed by atoms with Gasteiger partial charge in [0.15, 0.2) is 6.61 Å². The zero-order valence-corrected chi connectivity index (χ0v) is 18.7. The van der Waals surface area contributed by atoms with E-state index in [0.717, 1.165) is 16.7 Å². The number of esters is 1. The Kier molecular flexibility index (Phi) is 6.92. The summed E-state index contributed by atoms with van der Waals surface area (Å²) < 4.78 is 11.4. The van der Waals surface area contributed by atoms with Gasteiger partial charge in [-0.1, -0.05) is 60.2 Å². The Labute approximate surface area is 197 Å². The molecule has 0 fully saturated rings. The molecule has 3 aromatic carbocycles. The third kappa shape index (κ3) is 5.43. The molecule has 2 N–H and O–H groups in total. The number of cyclic esters (lactones) is 1. The highest BCUT2D eigenvalue weighted by molar-refractivity contribution is 5.92. The van der Waals surface area contributed by atoms with Gasteiger partial charge in [-0.15, -0.1) is 0 Å². The van der Waals surface area contributed by atoms with E-state index < -0.39 is 30.0 Å². The summed E-state index contributed by atoms with van der Waals surface area (Å²) in [5.74, 6) is -1.67. The molecule has 4 rings (SSSR count). The number of carboxylic acid groups (broad SMARTS) is 1. The maximum absolute atomic E-state index is 12.5. The van der Waals surface area contributed by atoms with Gasteiger partial charge in [-0.25, -0.2) is 9.59 Å². The number of carbonyl (C=O) groups excluding carboxylic acids is 2. The summed E-state index contributed by atoms with van der Waals surface area (Å²) in [6, 6.07) is 20.7. The normalized spacial score (nSPS) is 15.6. The van der Waals surface area contributed by atoms with E-state index in [1.54, 1.807) is 30.3 Å². The fourth-order valence-electron chi connectivity index (χ4n) is 3.99. The second-order valence-electron chi connectivity index (χ2n) is 8.23. The number of hydrogen-bond acceptors (Lipinski definition) is 5. The number of nitrogens with one attached hydrogen (secondary N) is 1. The van der Waals surface area contributed by atoms with Gasteiger partial charge < -0.3 is 19.9 Å². The quantitative estimate of drug-likeness (QED) is 0.499. The molecular weight excluding hydrogens is 434 g/mol. The van der Waals surface area contributed by atoms with Crippen LogP contribution >= 0.6 is 0 Å². The summed E-state index contributed by atoms with van der Waals surface area (Å²) >= 11 is 0. The zero-order valence-electron chi connectivity index (χ0n) is 18.7. The van der Waals surface area contributed by atoms with Gasteiger partial charge in [-0.3, -0.25) is 4.79 Å². The predicted molar refractivity (Wildman–Crippen MR) is 125 cm³/mol. The highest BCUT2D eigenvalue weighted by atomic mass is 16.5.